The van der Waals surface area contributed by atoms with Gasteiger partial charge in [0.15, 0.2) is 11.5 Å². The SMILES string of the molecule is COc1cc(CNC2COc3ccccc3C2)cc(Cl)c1O. The first-order chi connectivity index (χ1) is 10.7. The van der Waals surface area contributed by atoms with Crippen molar-refractivity contribution in [2.24, 2.45) is 0 Å². The Morgan fingerprint density at radius 3 is 3.00 bits per heavy atom. The summed E-state index contributed by atoms with van der Waals surface area (Å²) in [5, 5.41) is 13.5. The van der Waals surface area contributed by atoms with Crippen LogP contribution in [-0.2, 0) is 13.0 Å². The first-order valence-electron chi connectivity index (χ1n) is 7.17. The molecule has 1 aliphatic rings. The first-order valence-corrected chi connectivity index (χ1v) is 7.54. The smallest absolute Gasteiger partial charge is 0.176 e. The average Bonchev–Trinajstić information content (AvgIpc) is 2.55. The lowest BCUT2D eigenvalue weighted by Crippen LogP contribution is -2.38. The first kappa shape index (κ1) is 15.0. The Kier molecular flexibility index (Phi) is 4.41. The summed E-state index contributed by atoms with van der Waals surface area (Å²) in [4.78, 5) is 0. The van der Waals surface area contributed by atoms with Gasteiger partial charge >= 0.3 is 0 Å². The van der Waals surface area contributed by atoms with E-state index in [1.54, 1.807) is 12.1 Å². The quantitative estimate of drug-likeness (QED) is 0.909. The lowest BCUT2D eigenvalue weighted by atomic mass is 10.0. The van der Waals surface area contributed by atoms with Crippen molar-refractivity contribution in [1.29, 1.82) is 0 Å². The minimum absolute atomic E-state index is 0.0251. The summed E-state index contributed by atoms with van der Waals surface area (Å²) in [5.41, 5.74) is 2.17. The molecule has 0 spiro atoms. The number of phenols is 1. The molecule has 1 heterocycles. The van der Waals surface area contributed by atoms with Crippen molar-refractivity contribution in [2.75, 3.05) is 13.7 Å². The fourth-order valence-corrected chi connectivity index (χ4v) is 2.84. The van der Waals surface area contributed by atoms with Crippen molar-refractivity contribution < 1.29 is 14.6 Å². The molecule has 0 saturated carbocycles. The van der Waals surface area contributed by atoms with Crippen molar-refractivity contribution >= 4 is 11.6 Å². The molecule has 5 heteroatoms. The van der Waals surface area contributed by atoms with Crippen molar-refractivity contribution in [2.45, 2.75) is 19.0 Å². The van der Waals surface area contributed by atoms with E-state index in [1.807, 2.05) is 18.2 Å². The van der Waals surface area contributed by atoms with Gasteiger partial charge in [0.25, 0.3) is 0 Å². The Labute approximate surface area is 134 Å². The van der Waals surface area contributed by atoms with Crippen molar-refractivity contribution in [1.82, 2.24) is 5.32 Å². The summed E-state index contributed by atoms with van der Waals surface area (Å²) in [7, 11) is 1.51. The van der Waals surface area contributed by atoms with Crippen LogP contribution in [0.3, 0.4) is 0 Å². The van der Waals surface area contributed by atoms with E-state index in [-0.39, 0.29) is 11.8 Å². The molecule has 1 atom stereocenters. The number of nitrogens with one attached hydrogen (secondary N) is 1. The van der Waals surface area contributed by atoms with Crippen molar-refractivity contribution in [3.63, 3.8) is 0 Å². The largest absolute Gasteiger partial charge is 0.503 e. The normalized spacial score (nSPS) is 16.7. The number of fused-ring (bicyclic) bond motifs is 1. The molecule has 2 N–H and O–H groups in total. The molecule has 0 aromatic heterocycles. The number of phenolic OH excluding ortho intramolecular Hbond substituents is 1. The number of rotatable bonds is 4. The molecular formula is C17H18ClNO3. The van der Waals surface area contributed by atoms with Crippen LogP contribution in [0.5, 0.6) is 17.2 Å². The molecule has 0 saturated heterocycles. The van der Waals surface area contributed by atoms with Gasteiger partial charge in [-0.2, -0.15) is 0 Å². The van der Waals surface area contributed by atoms with E-state index in [4.69, 9.17) is 21.1 Å². The summed E-state index contributed by atoms with van der Waals surface area (Å²) in [6, 6.07) is 11.9. The zero-order valence-electron chi connectivity index (χ0n) is 12.3. The van der Waals surface area contributed by atoms with Crippen LogP contribution in [0.2, 0.25) is 5.02 Å². The van der Waals surface area contributed by atoms with Gasteiger partial charge in [-0.15, -0.1) is 0 Å². The molecule has 0 aliphatic carbocycles. The molecule has 1 aliphatic heterocycles. The Bertz CT molecular complexity index is 675. The van der Waals surface area contributed by atoms with Crippen LogP contribution in [0.4, 0.5) is 0 Å². The molecule has 2 aromatic carbocycles. The number of para-hydroxylation sites is 1. The highest BCUT2D eigenvalue weighted by molar-refractivity contribution is 6.32. The topological polar surface area (TPSA) is 50.7 Å². The minimum atomic E-state index is -0.0251. The Balaban J connectivity index is 1.65. The van der Waals surface area contributed by atoms with E-state index in [0.717, 1.165) is 17.7 Å². The molecule has 116 valence electrons. The average molecular weight is 320 g/mol. The van der Waals surface area contributed by atoms with Gasteiger partial charge in [0.1, 0.15) is 12.4 Å². The van der Waals surface area contributed by atoms with Crippen molar-refractivity contribution in [3.8, 4) is 17.2 Å². The molecule has 0 amide bonds. The summed E-state index contributed by atoms with van der Waals surface area (Å²) in [5.74, 6) is 1.33. The highest BCUT2D eigenvalue weighted by Gasteiger charge is 2.19. The Hall–Kier alpha value is -1.91. The van der Waals surface area contributed by atoms with Crippen LogP contribution >= 0.6 is 11.6 Å². The van der Waals surface area contributed by atoms with Gasteiger partial charge in [-0.1, -0.05) is 29.8 Å². The second kappa shape index (κ2) is 6.46. The maximum atomic E-state index is 9.75. The lowest BCUT2D eigenvalue weighted by Gasteiger charge is -2.26. The van der Waals surface area contributed by atoms with E-state index in [2.05, 4.69) is 11.4 Å². The van der Waals surface area contributed by atoms with Gasteiger partial charge in [0.05, 0.1) is 12.1 Å². The molecule has 0 fully saturated rings. The maximum Gasteiger partial charge on any atom is 0.176 e. The van der Waals surface area contributed by atoms with E-state index in [0.29, 0.717) is 23.9 Å². The lowest BCUT2D eigenvalue weighted by molar-refractivity contribution is 0.238. The third-order valence-corrected chi connectivity index (χ3v) is 4.07. The summed E-state index contributed by atoms with van der Waals surface area (Å²) >= 11 is 6.00. The summed E-state index contributed by atoms with van der Waals surface area (Å²) in [6.07, 6.45) is 0.930. The molecule has 4 nitrogen and oxygen atoms in total. The molecule has 0 radical (unpaired) electrons. The fourth-order valence-electron chi connectivity index (χ4n) is 2.61. The summed E-state index contributed by atoms with van der Waals surface area (Å²) < 4.78 is 10.9. The van der Waals surface area contributed by atoms with Crippen LogP contribution in [0.25, 0.3) is 0 Å². The monoisotopic (exact) mass is 319 g/mol. The zero-order chi connectivity index (χ0) is 15.5. The number of aromatic hydroxyl groups is 1. The molecule has 2 aromatic rings. The van der Waals surface area contributed by atoms with E-state index >= 15 is 0 Å². The second-order valence-corrected chi connectivity index (χ2v) is 5.74. The van der Waals surface area contributed by atoms with Gasteiger partial charge in [-0.25, -0.2) is 0 Å². The third-order valence-electron chi connectivity index (χ3n) is 3.78. The molecule has 3 rings (SSSR count). The predicted molar refractivity (Wildman–Crippen MR) is 85.9 cm³/mol. The summed E-state index contributed by atoms with van der Waals surface area (Å²) in [6.45, 7) is 1.27. The fraction of sp³-hybridized carbons (Fsp3) is 0.294. The van der Waals surface area contributed by atoms with E-state index in [1.165, 1.54) is 12.7 Å². The number of hydrogen-bond donors (Lipinski definition) is 2. The minimum Gasteiger partial charge on any atom is -0.503 e. The number of methoxy groups -OCH3 is 1. The van der Waals surface area contributed by atoms with Gasteiger partial charge in [0, 0.05) is 12.6 Å². The number of hydrogen-bond acceptors (Lipinski definition) is 4. The Morgan fingerprint density at radius 2 is 2.18 bits per heavy atom. The second-order valence-electron chi connectivity index (χ2n) is 5.33. The third kappa shape index (κ3) is 3.13. The van der Waals surface area contributed by atoms with Gasteiger partial charge < -0.3 is 19.9 Å². The van der Waals surface area contributed by atoms with Gasteiger partial charge in [0.2, 0.25) is 0 Å². The highest BCUT2D eigenvalue weighted by Crippen LogP contribution is 2.35. The maximum absolute atomic E-state index is 9.75. The van der Waals surface area contributed by atoms with Gasteiger partial charge in [-0.3, -0.25) is 0 Å². The highest BCUT2D eigenvalue weighted by atomic mass is 35.5. The molecule has 0 bridgehead atoms. The van der Waals surface area contributed by atoms with Crippen LogP contribution in [0.1, 0.15) is 11.1 Å². The van der Waals surface area contributed by atoms with E-state index < -0.39 is 0 Å². The van der Waals surface area contributed by atoms with Crippen LogP contribution in [0.15, 0.2) is 36.4 Å². The zero-order valence-corrected chi connectivity index (χ0v) is 13.1. The number of benzene rings is 2. The van der Waals surface area contributed by atoms with Crippen LogP contribution in [-0.4, -0.2) is 24.9 Å². The van der Waals surface area contributed by atoms with Crippen molar-refractivity contribution in [3.05, 3.63) is 52.5 Å². The number of ether oxygens (including phenoxy) is 2. The molecule has 1 unspecified atom stereocenters. The molecule has 22 heavy (non-hydrogen) atoms. The van der Waals surface area contributed by atoms with Gasteiger partial charge in [-0.05, 0) is 35.7 Å². The standard InChI is InChI=1S/C17H18ClNO3/c1-21-16-7-11(6-14(18)17(16)20)9-19-13-8-12-4-2-3-5-15(12)22-10-13/h2-7,13,19-20H,8-10H2,1H3. The molecular weight excluding hydrogens is 302 g/mol. The number of halogens is 1. The van der Waals surface area contributed by atoms with E-state index in [9.17, 15) is 5.11 Å². The predicted octanol–water partition coefficient (Wildman–Crippen LogP) is 3.15. The Morgan fingerprint density at radius 1 is 1.36 bits per heavy atom. The van der Waals surface area contributed by atoms with Crippen LogP contribution < -0.4 is 14.8 Å². The van der Waals surface area contributed by atoms with Crippen LogP contribution in [0, 0.1) is 0 Å².